The molecule has 1 atom stereocenters. The largest absolute Gasteiger partial charge is 1.00 e. The van der Waals surface area contributed by atoms with Gasteiger partial charge in [-0.05, 0) is 0 Å². The maximum absolute atomic E-state index is 2.48. The summed E-state index contributed by atoms with van der Waals surface area (Å²) in [6.45, 7) is 0. The zero-order valence-corrected chi connectivity index (χ0v) is 20.8. The van der Waals surface area contributed by atoms with Gasteiger partial charge in [-0.3, -0.25) is 0 Å². The summed E-state index contributed by atoms with van der Waals surface area (Å²) < 4.78 is 1.26. The zero-order chi connectivity index (χ0) is 19.2. The first-order chi connectivity index (χ1) is 14.4. The van der Waals surface area contributed by atoms with Gasteiger partial charge in [-0.1, -0.05) is 0 Å². The summed E-state index contributed by atoms with van der Waals surface area (Å²) in [6, 6.07) is 35.9. The van der Waals surface area contributed by atoms with Gasteiger partial charge in [0.15, 0.2) is 0 Å². The van der Waals surface area contributed by atoms with Gasteiger partial charge in [0.2, 0.25) is 0 Å². The van der Waals surface area contributed by atoms with Gasteiger partial charge in [0.05, 0.1) is 0 Å². The summed E-state index contributed by atoms with van der Waals surface area (Å²) in [5.74, 6) is 0. The van der Waals surface area contributed by atoms with Crippen molar-refractivity contribution < 1.29 is 48.0 Å². The first kappa shape index (κ1) is 22.3. The maximum Gasteiger partial charge on any atom is -1.00 e. The van der Waals surface area contributed by atoms with Gasteiger partial charge in [-0.2, -0.15) is 0 Å². The predicted molar refractivity (Wildman–Crippen MR) is 117 cm³/mol. The fraction of sp³-hybridized carbons (Fsp3) is 0.0714. The molecule has 4 aromatic rings. The third-order valence-corrected chi connectivity index (χ3v) is 10.6. The number of rotatable bonds is 3. The van der Waals surface area contributed by atoms with E-state index in [1.165, 1.54) is 27.8 Å². The molecule has 0 saturated carbocycles. The molecule has 0 fully saturated rings. The summed E-state index contributed by atoms with van der Waals surface area (Å²) in [7, 11) is 0. The van der Waals surface area contributed by atoms with Crippen LogP contribution in [0.1, 0.15) is 29.5 Å². The molecule has 0 amide bonds. The molecule has 1 unspecified atom stereocenters. The molecule has 0 spiro atoms. The number of allylic oxidation sites excluding steroid dienone is 1. The number of hydrogen-bond donors (Lipinski definition) is 0. The molecule has 6 rings (SSSR count). The van der Waals surface area contributed by atoms with Gasteiger partial charge in [0.1, 0.15) is 0 Å². The van der Waals surface area contributed by atoms with Crippen molar-refractivity contribution in [3.8, 4) is 22.3 Å². The zero-order valence-electron chi connectivity index (χ0n) is 16.8. The first-order valence-corrected chi connectivity index (χ1v) is 13.0. The van der Waals surface area contributed by atoms with E-state index in [1.54, 1.807) is 16.7 Å². The van der Waals surface area contributed by atoms with Gasteiger partial charge in [-0.25, -0.2) is 0 Å². The second-order valence-electron chi connectivity index (χ2n) is 7.82. The molecule has 150 valence electrons. The van der Waals surface area contributed by atoms with E-state index < -0.39 is 23.2 Å². The van der Waals surface area contributed by atoms with Crippen LogP contribution < -0.4 is 24.8 Å². The molecule has 2 aliphatic carbocycles. The molecule has 0 aliphatic heterocycles. The van der Waals surface area contributed by atoms with Crippen molar-refractivity contribution in [3.63, 3.8) is 0 Å². The molecule has 2 aliphatic rings. The minimum absolute atomic E-state index is 0. The molecule has 0 saturated heterocycles. The van der Waals surface area contributed by atoms with Crippen LogP contribution in [-0.2, 0) is 23.2 Å². The van der Waals surface area contributed by atoms with E-state index in [-0.39, 0.29) is 24.8 Å². The van der Waals surface area contributed by atoms with Gasteiger partial charge in [0, 0.05) is 0 Å². The Labute approximate surface area is 207 Å². The Bertz CT molecular complexity index is 1200. The quantitative estimate of drug-likeness (QED) is 0.384. The van der Waals surface area contributed by atoms with Crippen LogP contribution in [0.3, 0.4) is 0 Å². The normalized spacial score (nSPS) is 15.2. The maximum atomic E-state index is 2.48. The van der Waals surface area contributed by atoms with Crippen molar-refractivity contribution in [1.82, 2.24) is 0 Å². The van der Waals surface area contributed by atoms with E-state index in [4.69, 9.17) is 0 Å². The Morgan fingerprint density at radius 3 is 1.84 bits per heavy atom. The number of fused-ring (bicyclic) bond motifs is 4. The van der Waals surface area contributed by atoms with Crippen LogP contribution >= 0.6 is 0 Å². The van der Waals surface area contributed by atoms with Gasteiger partial charge < -0.3 is 24.8 Å². The van der Waals surface area contributed by atoms with Gasteiger partial charge in [-0.15, -0.1) is 0 Å². The summed E-state index contributed by atoms with van der Waals surface area (Å²) in [5.41, 5.74) is 11.6. The fourth-order valence-electron chi connectivity index (χ4n) is 4.77. The van der Waals surface area contributed by atoms with Crippen LogP contribution in [0.15, 0.2) is 103 Å². The molecule has 31 heavy (non-hydrogen) atoms. The average molecular weight is 519 g/mol. The first-order valence-electron chi connectivity index (χ1n) is 10.2. The van der Waals surface area contributed by atoms with Crippen molar-refractivity contribution >= 4 is 6.08 Å². The van der Waals surface area contributed by atoms with Gasteiger partial charge in [0.25, 0.3) is 0 Å². The number of benzene rings is 4. The van der Waals surface area contributed by atoms with Crippen molar-refractivity contribution in [3.05, 3.63) is 125 Å². The molecule has 0 aromatic heterocycles. The second kappa shape index (κ2) is 9.29. The molecule has 0 radical (unpaired) electrons. The van der Waals surface area contributed by atoms with Crippen molar-refractivity contribution in [2.24, 2.45) is 0 Å². The molecule has 0 nitrogen and oxygen atoms in total. The third-order valence-electron chi connectivity index (χ3n) is 6.18. The second-order valence-corrected chi connectivity index (χ2v) is 11.6. The Kier molecular flexibility index (Phi) is 6.68. The average Bonchev–Trinajstić information content (AvgIpc) is 3.34. The summed E-state index contributed by atoms with van der Waals surface area (Å²) in [5, 5.41) is 0. The Hall–Kier alpha value is -1.92. The molecular weight excluding hydrogens is 498 g/mol. The van der Waals surface area contributed by atoms with E-state index in [9.17, 15) is 0 Å². The molecule has 0 bridgehead atoms. The van der Waals surface area contributed by atoms with Crippen LogP contribution in [0.5, 0.6) is 0 Å². The van der Waals surface area contributed by atoms with Crippen molar-refractivity contribution in [2.75, 3.05) is 0 Å². The summed E-state index contributed by atoms with van der Waals surface area (Å²) in [6.07, 6.45) is 4.83. The van der Waals surface area contributed by atoms with E-state index >= 15 is 0 Å². The van der Waals surface area contributed by atoms with Crippen LogP contribution in [0.2, 0.25) is 0 Å². The predicted octanol–water partition coefficient (Wildman–Crippen LogP) is 1.28. The Morgan fingerprint density at radius 1 is 0.548 bits per heavy atom. The minimum Gasteiger partial charge on any atom is -1.00 e. The standard InChI is InChI=1S/C15H11.C13H9.2ClH.Zr/c1-2-5-12(6-3-1)15-10-9-13-7-4-8-14(13)11-15;1-3-7-12-10(5-1)9-11-6-2-4-8-13(11)12;;;/h1-11H;1-9H;2*1H;/q;;;;+2/p-2. The van der Waals surface area contributed by atoms with Crippen LogP contribution in [0, 0.1) is 0 Å². The summed E-state index contributed by atoms with van der Waals surface area (Å²) in [4.78, 5) is 0. The SMILES string of the molecule is C1=C[CH]([Zr+2][CH]2c3ccccc3-c3ccccc32)c2cc(-c3ccccc3)ccc21.[Cl-].[Cl-]. The molecule has 0 N–H and O–H groups in total. The minimum atomic E-state index is -0.795. The van der Waals surface area contributed by atoms with Crippen LogP contribution in [0.25, 0.3) is 28.3 Å². The van der Waals surface area contributed by atoms with E-state index in [2.05, 4.69) is 109 Å². The van der Waals surface area contributed by atoms with Gasteiger partial charge >= 0.3 is 184 Å². The monoisotopic (exact) mass is 516 g/mol. The van der Waals surface area contributed by atoms with E-state index in [1.807, 2.05) is 0 Å². The number of hydrogen-bond acceptors (Lipinski definition) is 0. The summed E-state index contributed by atoms with van der Waals surface area (Å²) >= 11 is -0.795. The van der Waals surface area contributed by atoms with E-state index in [0.29, 0.717) is 7.25 Å². The molecule has 4 aromatic carbocycles. The Morgan fingerprint density at radius 2 is 1.16 bits per heavy atom. The van der Waals surface area contributed by atoms with Crippen molar-refractivity contribution in [2.45, 2.75) is 7.25 Å². The topological polar surface area (TPSA) is 0 Å². The Balaban J connectivity index is 0.00000116. The smallest absolute Gasteiger partial charge is 1.00 e. The third kappa shape index (κ3) is 3.89. The van der Waals surface area contributed by atoms with E-state index in [0.717, 1.165) is 0 Å². The fourth-order valence-corrected chi connectivity index (χ4v) is 9.34. The number of halogens is 2. The molecule has 3 heteroatoms. The molecule has 0 heterocycles. The van der Waals surface area contributed by atoms with Crippen LogP contribution in [-0.4, -0.2) is 0 Å². The van der Waals surface area contributed by atoms with Crippen molar-refractivity contribution in [1.29, 1.82) is 0 Å². The van der Waals surface area contributed by atoms with Crippen LogP contribution in [0.4, 0.5) is 0 Å². The molecular formula is C28H20Cl2Zr.